The van der Waals surface area contributed by atoms with Crippen molar-refractivity contribution < 1.29 is 118 Å². The summed E-state index contributed by atoms with van der Waals surface area (Å²) in [6, 6.07) is -16.5. The highest BCUT2D eigenvalue weighted by molar-refractivity contribution is 6.01. The Kier molecular flexibility index (Phi) is 41.8. The van der Waals surface area contributed by atoms with E-state index >= 15 is 0 Å². The molecule has 2 aromatic rings. The van der Waals surface area contributed by atoms with Crippen molar-refractivity contribution >= 4 is 106 Å². The van der Waals surface area contributed by atoms with Gasteiger partial charge < -0.3 is 138 Å². The van der Waals surface area contributed by atoms with Gasteiger partial charge in [-0.1, -0.05) is 38.5 Å². The molecule has 31 N–H and O–H groups in total. The lowest BCUT2D eigenvalue weighted by Crippen LogP contribution is -2.63. The summed E-state index contributed by atoms with van der Waals surface area (Å²) >= 11 is 0. The maximum atomic E-state index is 14.6. The summed E-state index contributed by atoms with van der Waals surface area (Å²) in [5.41, 5.74) is 28.7. The number of nitrogens with one attached hydrogen (secondary N) is 13. The predicted octanol–water partition coefficient (Wildman–Crippen LogP) is -10.1. The zero-order valence-corrected chi connectivity index (χ0v) is 59.1. The van der Waals surface area contributed by atoms with Crippen molar-refractivity contribution in [3.8, 4) is 0 Å². The van der Waals surface area contributed by atoms with Gasteiger partial charge in [-0.15, -0.1) is 0 Å². The molecular formula is C64H104N18O24. The highest BCUT2D eigenvalue weighted by Crippen LogP contribution is 2.20. The molecule has 1 aromatic carbocycles. The molecule has 0 spiro atoms. The van der Waals surface area contributed by atoms with E-state index in [2.05, 4.69) is 68.8 Å². The third-order valence-electron chi connectivity index (χ3n) is 16.6. The van der Waals surface area contributed by atoms with Crippen molar-refractivity contribution in [1.82, 2.24) is 68.8 Å². The summed E-state index contributed by atoms with van der Waals surface area (Å²) < 4.78 is 0. The maximum Gasteiger partial charge on any atom is 0.326 e. The summed E-state index contributed by atoms with van der Waals surface area (Å²) in [6.45, 7) is -0.207. The molecule has 0 unspecified atom stereocenters. The van der Waals surface area contributed by atoms with Gasteiger partial charge in [0.15, 0.2) is 0 Å². The number of rotatable bonds is 53. The highest BCUT2D eigenvalue weighted by Gasteiger charge is 2.39. The third-order valence-corrected chi connectivity index (χ3v) is 16.6. The predicted molar refractivity (Wildman–Crippen MR) is 372 cm³/mol. The number of primary amides is 1. The zero-order valence-electron chi connectivity index (χ0n) is 59.1. The van der Waals surface area contributed by atoms with Gasteiger partial charge in [-0.2, -0.15) is 0 Å². The Morgan fingerprint density at radius 3 is 1.19 bits per heavy atom. The Balaban J connectivity index is 2.46. The van der Waals surface area contributed by atoms with Gasteiger partial charge in [-0.25, -0.2) is 4.79 Å². The van der Waals surface area contributed by atoms with Crippen LogP contribution in [0, 0.1) is 5.92 Å². The van der Waals surface area contributed by atoms with Crippen LogP contribution in [0.3, 0.4) is 0 Å². The van der Waals surface area contributed by atoms with Gasteiger partial charge in [-0.05, 0) is 108 Å². The number of H-pyrrole nitrogens is 1. The Bertz CT molecular complexity index is 3310. The van der Waals surface area contributed by atoms with Crippen LogP contribution in [0.15, 0.2) is 30.5 Å². The number of aromatic amines is 1. The van der Waals surface area contributed by atoms with Crippen molar-refractivity contribution in [2.24, 2.45) is 34.6 Å². The first-order valence-electron chi connectivity index (χ1n) is 34.3. The Hall–Kier alpha value is -10.1. The number of unbranched alkanes of at least 4 members (excludes halogenated alkanes) is 3. The number of benzene rings is 1. The quantitative estimate of drug-likeness (QED) is 0.0274. The number of aliphatic carboxylic acids is 3. The number of nitrogens with two attached hydrogens (primary N) is 5. The number of aromatic nitrogens is 1. The molecule has 106 heavy (non-hydrogen) atoms. The number of hydrogen-bond donors (Lipinski definition) is 26. The first-order valence-corrected chi connectivity index (χ1v) is 34.3. The van der Waals surface area contributed by atoms with E-state index < -0.39 is 225 Å². The second-order valence-corrected chi connectivity index (χ2v) is 25.0. The average Bonchev–Trinajstić information content (AvgIpc) is 1.58. The molecule has 13 amide bonds. The number of hydrogen-bond acceptors (Lipinski definition) is 25. The summed E-state index contributed by atoms with van der Waals surface area (Å²) in [6.07, 6.45) is -2.45. The van der Waals surface area contributed by atoms with E-state index in [1.54, 1.807) is 31.2 Å². The number of para-hydroxylation sites is 1. The topological polar surface area (TPSA) is 725 Å². The van der Waals surface area contributed by atoms with Crippen LogP contribution in [0.2, 0.25) is 0 Å². The standard InChI is InChI=1S/C64H104N18O24/c1-4-31(2)50(81-57(98)42(25-49(91)92)75-53(94)38(16-8-11-21-66)72-63(104)51(32(3)87)82-61(102)46(30-86)77-52(93)35(68)18-19-47(69)88)62(103)80-45(29-85)60(101)79-44(28-84)58(99)74-40(23-33-26-70-36-14-6-5-13-34(33)36)55(96)71-37(15-7-10-20-65)54(95)78-43(27-83)59(100)76-41(24-48(89)90)56(97)73-39(64(105)106)17-9-12-22-67/h5-6,13-14,26,31-32,35,37-46,50-51,70,83-87H,4,7-12,15-25,27-30,65-68H2,1-3H3,(H2,69,88)(H,71,96)(H,72,104)(H,73,97)(H,74,99)(H,75,94)(H,76,100)(H,77,93)(H,78,95)(H,79,101)(H,80,103)(H,81,98)(H,82,102)(H,89,90)(H,91,92)(H,105,106)/t31-,32+,35-,37-,38-,39-,40-,41-,42-,43-,44-,45-,46-,50-,51-/m0/s1. The van der Waals surface area contributed by atoms with E-state index in [4.69, 9.17) is 28.7 Å². The van der Waals surface area contributed by atoms with Crippen LogP contribution < -0.4 is 92.5 Å². The fraction of sp³-hybridized carbons (Fsp3) is 0.625. The molecule has 0 aliphatic carbocycles. The molecule has 0 bridgehead atoms. The summed E-state index contributed by atoms with van der Waals surface area (Å²) in [5, 5.41) is 109. The smallest absolute Gasteiger partial charge is 0.326 e. The molecule has 594 valence electrons. The van der Waals surface area contributed by atoms with Crippen molar-refractivity contribution in [2.45, 2.75) is 202 Å². The number of carboxylic acid groups (broad SMARTS) is 3. The minimum Gasteiger partial charge on any atom is -0.481 e. The molecule has 0 saturated heterocycles. The Morgan fingerprint density at radius 2 is 0.764 bits per heavy atom. The number of carboxylic acids is 3. The maximum absolute atomic E-state index is 14.6. The SMILES string of the molecule is CC[C@H](C)[C@H](NC(=O)[C@H](CC(=O)O)NC(=O)[C@H](CCCCN)NC(=O)[C@@H](NC(=O)[C@H](CO)NC(=O)[C@@H](N)CCC(N)=O)[C@@H](C)O)C(=O)N[C@@H](CO)C(=O)N[C@@H](CO)C(=O)N[C@@H](Cc1c[nH]c2ccccc12)C(=O)N[C@@H](CCCCN)C(=O)N[C@@H](CO)C(=O)N[C@@H](CC(=O)O)C(=O)N[C@@H](CCCCN)C(=O)O. The highest BCUT2D eigenvalue weighted by atomic mass is 16.4. The van der Waals surface area contributed by atoms with E-state index in [0.717, 1.165) is 6.92 Å². The van der Waals surface area contributed by atoms with Gasteiger partial charge in [0.05, 0.1) is 51.4 Å². The number of aliphatic hydroxyl groups excluding tert-OH is 5. The second kappa shape index (κ2) is 48.1. The summed E-state index contributed by atoms with van der Waals surface area (Å²) in [5.74, 6) is -21.0. The normalized spacial score (nSPS) is 15.4. The fourth-order valence-corrected chi connectivity index (χ4v) is 10.3. The van der Waals surface area contributed by atoms with Gasteiger partial charge >= 0.3 is 17.9 Å². The lowest BCUT2D eigenvalue weighted by atomic mass is 9.97. The molecule has 0 aliphatic heterocycles. The molecule has 1 aromatic heterocycles. The van der Waals surface area contributed by atoms with Crippen LogP contribution in [-0.4, -0.2) is 271 Å². The zero-order chi connectivity index (χ0) is 79.9. The molecular weight excluding hydrogens is 1400 g/mol. The van der Waals surface area contributed by atoms with E-state index in [9.17, 15) is 118 Å². The number of carbonyl (C=O) groups is 16. The molecule has 42 heteroatoms. The lowest BCUT2D eigenvalue weighted by molar-refractivity contribution is -0.144. The van der Waals surface area contributed by atoms with Crippen LogP contribution in [0.25, 0.3) is 10.9 Å². The lowest BCUT2D eigenvalue weighted by Gasteiger charge is -2.29. The van der Waals surface area contributed by atoms with E-state index in [-0.39, 0.29) is 96.7 Å². The van der Waals surface area contributed by atoms with Crippen molar-refractivity contribution in [1.29, 1.82) is 0 Å². The van der Waals surface area contributed by atoms with Crippen LogP contribution in [-0.2, 0) is 83.1 Å². The second-order valence-electron chi connectivity index (χ2n) is 25.0. The van der Waals surface area contributed by atoms with Gasteiger partial charge in [0, 0.05) is 29.9 Å². The number of carbonyl (C=O) groups excluding carboxylic acids is 13. The number of aliphatic hydroxyl groups is 5. The van der Waals surface area contributed by atoms with E-state index in [1.165, 1.54) is 13.1 Å². The van der Waals surface area contributed by atoms with Gasteiger partial charge in [0.25, 0.3) is 0 Å². The van der Waals surface area contributed by atoms with Crippen LogP contribution in [0.1, 0.15) is 116 Å². The van der Waals surface area contributed by atoms with Gasteiger partial charge in [-0.3, -0.25) is 71.9 Å². The van der Waals surface area contributed by atoms with E-state index in [0.29, 0.717) is 22.9 Å². The molecule has 42 nitrogen and oxygen atoms in total. The molecule has 15 atom stereocenters. The van der Waals surface area contributed by atoms with Gasteiger partial charge in [0.2, 0.25) is 76.8 Å². The molecule has 0 aliphatic rings. The van der Waals surface area contributed by atoms with Crippen LogP contribution in [0.4, 0.5) is 0 Å². The van der Waals surface area contributed by atoms with Crippen LogP contribution >= 0.6 is 0 Å². The molecule has 0 fully saturated rings. The third kappa shape index (κ3) is 31.7. The minimum atomic E-state index is -2.04. The molecule has 0 saturated carbocycles. The summed E-state index contributed by atoms with van der Waals surface area (Å²) in [4.78, 5) is 216. The van der Waals surface area contributed by atoms with E-state index in [1.807, 2.05) is 0 Å². The van der Waals surface area contributed by atoms with Crippen molar-refractivity contribution in [2.75, 3.05) is 46.1 Å². The largest absolute Gasteiger partial charge is 0.481 e. The number of amides is 13. The Morgan fingerprint density at radius 1 is 0.425 bits per heavy atom. The van der Waals surface area contributed by atoms with Crippen molar-refractivity contribution in [3.63, 3.8) is 0 Å². The Labute approximate surface area is 608 Å². The van der Waals surface area contributed by atoms with Crippen molar-refractivity contribution in [3.05, 3.63) is 36.0 Å². The van der Waals surface area contributed by atoms with Gasteiger partial charge in [0.1, 0.15) is 72.5 Å². The minimum absolute atomic E-state index is 0.0861. The monoisotopic (exact) mass is 1510 g/mol. The molecule has 2 rings (SSSR count). The first kappa shape index (κ1) is 92.0. The summed E-state index contributed by atoms with van der Waals surface area (Å²) in [7, 11) is 0. The fourth-order valence-electron chi connectivity index (χ4n) is 10.3. The molecule has 1 heterocycles. The van der Waals surface area contributed by atoms with Crippen LogP contribution in [0.5, 0.6) is 0 Å². The first-order chi connectivity index (χ1) is 50.1. The number of fused-ring (bicyclic) bond motifs is 1. The average molecular weight is 1510 g/mol. The molecule has 0 radical (unpaired) electrons.